The number of nitrogens with zero attached hydrogens (tertiary/aromatic N) is 2. The summed E-state index contributed by atoms with van der Waals surface area (Å²) in [5, 5.41) is 1.07. The topological polar surface area (TPSA) is 16.1 Å². The second-order valence-corrected chi connectivity index (χ2v) is 5.36. The maximum absolute atomic E-state index is 4.03. The zero-order valence-corrected chi connectivity index (χ0v) is 11.9. The van der Waals surface area contributed by atoms with Crippen LogP contribution in [0, 0.1) is 11.8 Å². The summed E-state index contributed by atoms with van der Waals surface area (Å²) in [4.78, 5) is 6.41. The number of aromatic nitrogens is 1. The summed E-state index contributed by atoms with van der Waals surface area (Å²) in [5.41, 5.74) is 1.33. The molecule has 1 heterocycles. The van der Waals surface area contributed by atoms with Crippen molar-refractivity contribution in [1.29, 1.82) is 0 Å². The van der Waals surface area contributed by atoms with Crippen molar-refractivity contribution in [3.63, 3.8) is 0 Å². The molecule has 0 aliphatic heterocycles. The van der Waals surface area contributed by atoms with Crippen molar-refractivity contribution in [2.45, 2.75) is 20.4 Å². The van der Waals surface area contributed by atoms with Gasteiger partial charge in [0.1, 0.15) is 0 Å². The molecule has 90 valence electrons. The van der Waals surface area contributed by atoms with Crippen molar-refractivity contribution >= 4 is 15.9 Å². The molecule has 0 bridgehead atoms. The number of alkyl halides is 1. The van der Waals surface area contributed by atoms with Crippen LogP contribution in [0.3, 0.4) is 0 Å². The molecule has 0 saturated heterocycles. The van der Waals surface area contributed by atoms with E-state index < -0.39 is 0 Å². The summed E-state index contributed by atoms with van der Waals surface area (Å²) >= 11 is 3.59. The first-order valence-corrected chi connectivity index (χ1v) is 6.89. The third-order valence-electron chi connectivity index (χ3n) is 2.89. The summed E-state index contributed by atoms with van der Waals surface area (Å²) in [6.45, 7) is 6.70. The average Bonchev–Trinajstić information content (AvgIpc) is 2.27. The summed E-state index contributed by atoms with van der Waals surface area (Å²) in [7, 11) is 2.18. The molecular formula is C13H21BrN2. The average molecular weight is 285 g/mol. The van der Waals surface area contributed by atoms with Crippen molar-refractivity contribution in [2.24, 2.45) is 11.8 Å². The Balaban J connectivity index is 2.44. The minimum absolute atomic E-state index is 0.715. The molecule has 0 saturated carbocycles. The van der Waals surface area contributed by atoms with Crippen LogP contribution in [-0.4, -0.2) is 28.8 Å². The van der Waals surface area contributed by atoms with E-state index >= 15 is 0 Å². The lowest BCUT2D eigenvalue weighted by Gasteiger charge is -2.25. The van der Waals surface area contributed by atoms with E-state index in [1.807, 2.05) is 12.4 Å². The summed E-state index contributed by atoms with van der Waals surface area (Å²) in [6, 6.07) is 4.16. The first-order chi connectivity index (χ1) is 7.63. The highest BCUT2D eigenvalue weighted by Crippen LogP contribution is 2.15. The van der Waals surface area contributed by atoms with Gasteiger partial charge in [-0.25, -0.2) is 0 Å². The molecular weight excluding hydrogens is 264 g/mol. The Bertz CT molecular complexity index is 287. The van der Waals surface area contributed by atoms with Gasteiger partial charge < -0.3 is 4.90 Å². The molecule has 0 aliphatic carbocycles. The van der Waals surface area contributed by atoms with Gasteiger partial charge in [0, 0.05) is 30.8 Å². The smallest absolute Gasteiger partial charge is 0.0271 e. The Morgan fingerprint density at radius 3 is 2.44 bits per heavy atom. The largest absolute Gasteiger partial charge is 0.302 e. The fourth-order valence-electron chi connectivity index (χ4n) is 1.70. The van der Waals surface area contributed by atoms with Gasteiger partial charge in [0.25, 0.3) is 0 Å². The highest BCUT2D eigenvalue weighted by Gasteiger charge is 2.14. The second kappa shape index (κ2) is 7.02. The van der Waals surface area contributed by atoms with Crippen molar-refractivity contribution in [1.82, 2.24) is 9.88 Å². The van der Waals surface area contributed by atoms with Crippen molar-refractivity contribution in [3.8, 4) is 0 Å². The highest BCUT2D eigenvalue weighted by molar-refractivity contribution is 9.09. The Morgan fingerprint density at radius 1 is 1.31 bits per heavy atom. The maximum atomic E-state index is 4.03. The molecule has 2 nitrogen and oxygen atoms in total. The van der Waals surface area contributed by atoms with Gasteiger partial charge in [0.05, 0.1) is 0 Å². The van der Waals surface area contributed by atoms with Crippen LogP contribution in [0.4, 0.5) is 0 Å². The molecule has 1 rings (SSSR count). The summed E-state index contributed by atoms with van der Waals surface area (Å²) in [5.74, 6) is 1.44. The highest BCUT2D eigenvalue weighted by atomic mass is 79.9. The Morgan fingerprint density at radius 2 is 1.94 bits per heavy atom. The van der Waals surface area contributed by atoms with Gasteiger partial charge in [-0.1, -0.05) is 29.8 Å². The molecule has 1 unspecified atom stereocenters. The molecule has 16 heavy (non-hydrogen) atoms. The van der Waals surface area contributed by atoms with E-state index in [1.54, 1.807) is 0 Å². The van der Waals surface area contributed by atoms with Crippen LogP contribution in [-0.2, 0) is 6.54 Å². The van der Waals surface area contributed by atoms with Gasteiger partial charge in [-0.05, 0) is 36.6 Å². The zero-order valence-electron chi connectivity index (χ0n) is 10.4. The zero-order chi connectivity index (χ0) is 12.0. The van der Waals surface area contributed by atoms with Crippen LogP contribution < -0.4 is 0 Å². The lowest BCUT2D eigenvalue weighted by atomic mass is 9.97. The predicted molar refractivity (Wildman–Crippen MR) is 72.7 cm³/mol. The number of halogens is 1. The van der Waals surface area contributed by atoms with Crippen molar-refractivity contribution in [2.75, 3.05) is 18.9 Å². The summed E-state index contributed by atoms with van der Waals surface area (Å²) < 4.78 is 0. The van der Waals surface area contributed by atoms with Crippen LogP contribution in [0.5, 0.6) is 0 Å². The number of pyridine rings is 1. The van der Waals surface area contributed by atoms with Gasteiger partial charge in [-0.3, -0.25) is 4.98 Å². The molecule has 0 aromatic carbocycles. The molecule has 0 N–H and O–H groups in total. The lowest BCUT2D eigenvalue weighted by molar-refractivity contribution is 0.247. The Labute approximate surface area is 107 Å². The van der Waals surface area contributed by atoms with Gasteiger partial charge >= 0.3 is 0 Å². The van der Waals surface area contributed by atoms with Crippen LogP contribution in [0.25, 0.3) is 0 Å². The fraction of sp³-hybridized carbons (Fsp3) is 0.615. The predicted octanol–water partition coefficient (Wildman–Crippen LogP) is 3.18. The quantitative estimate of drug-likeness (QED) is 0.746. The first kappa shape index (κ1) is 13.7. The van der Waals surface area contributed by atoms with E-state index in [0.717, 1.165) is 24.3 Å². The molecule has 0 amide bonds. The van der Waals surface area contributed by atoms with Crippen molar-refractivity contribution < 1.29 is 0 Å². The van der Waals surface area contributed by atoms with E-state index in [9.17, 15) is 0 Å². The third-order valence-corrected chi connectivity index (χ3v) is 3.72. The van der Waals surface area contributed by atoms with Crippen molar-refractivity contribution in [3.05, 3.63) is 30.1 Å². The van der Waals surface area contributed by atoms with Crippen LogP contribution in [0.15, 0.2) is 24.5 Å². The van der Waals surface area contributed by atoms with E-state index in [2.05, 4.69) is 58.8 Å². The molecule has 1 atom stereocenters. The molecule has 1 aromatic rings. The number of hydrogen-bond donors (Lipinski definition) is 0. The Hall–Kier alpha value is -0.410. The summed E-state index contributed by atoms with van der Waals surface area (Å²) in [6.07, 6.45) is 3.71. The standard InChI is InChI=1S/C13H21BrN2/c1-11(2)13(8-14)10-16(3)9-12-4-6-15-7-5-12/h4-7,11,13H,8-10H2,1-3H3. The molecule has 0 spiro atoms. The van der Waals surface area contributed by atoms with Crippen LogP contribution in [0.1, 0.15) is 19.4 Å². The minimum atomic E-state index is 0.715. The lowest BCUT2D eigenvalue weighted by Crippen LogP contribution is -2.29. The fourth-order valence-corrected chi connectivity index (χ4v) is 2.65. The van der Waals surface area contributed by atoms with Gasteiger partial charge in [-0.2, -0.15) is 0 Å². The SMILES string of the molecule is CC(C)C(CBr)CN(C)Cc1ccncc1. The molecule has 0 fully saturated rings. The monoisotopic (exact) mass is 284 g/mol. The van der Waals surface area contributed by atoms with Gasteiger partial charge in [-0.15, -0.1) is 0 Å². The van der Waals surface area contributed by atoms with Crippen LogP contribution >= 0.6 is 15.9 Å². The van der Waals surface area contributed by atoms with E-state index in [-0.39, 0.29) is 0 Å². The van der Waals surface area contributed by atoms with E-state index in [1.165, 1.54) is 5.56 Å². The molecule has 0 aliphatic rings. The maximum Gasteiger partial charge on any atom is 0.0271 e. The van der Waals surface area contributed by atoms with Gasteiger partial charge in [0.2, 0.25) is 0 Å². The van der Waals surface area contributed by atoms with E-state index in [0.29, 0.717) is 5.92 Å². The Kier molecular flexibility index (Phi) is 5.99. The number of hydrogen-bond acceptors (Lipinski definition) is 2. The normalized spacial score (nSPS) is 13.4. The van der Waals surface area contributed by atoms with Gasteiger partial charge in [0.15, 0.2) is 0 Å². The molecule has 1 aromatic heterocycles. The molecule has 3 heteroatoms. The molecule has 0 radical (unpaired) electrons. The van der Waals surface area contributed by atoms with Crippen LogP contribution in [0.2, 0.25) is 0 Å². The number of rotatable bonds is 6. The minimum Gasteiger partial charge on any atom is -0.302 e. The third kappa shape index (κ3) is 4.62. The first-order valence-electron chi connectivity index (χ1n) is 5.77. The second-order valence-electron chi connectivity index (χ2n) is 4.71. The van der Waals surface area contributed by atoms with E-state index in [4.69, 9.17) is 0 Å².